The number of rotatable bonds is 2. The maximum absolute atomic E-state index is 12.3. The van der Waals surface area contributed by atoms with E-state index in [0.717, 1.165) is 24.0 Å². The van der Waals surface area contributed by atoms with Crippen LogP contribution in [0, 0.1) is 10.7 Å². The number of nitrogens with one attached hydrogen (secondary N) is 1. The number of halogens is 5. The van der Waals surface area contributed by atoms with Crippen LogP contribution in [0.4, 0.5) is 5.69 Å². The van der Waals surface area contributed by atoms with Crippen LogP contribution in [-0.4, -0.2) is 5.91 Å². The Morgan fingerprint density at radius 2 is 1.68 bits per heavy atom. The number of hydrogen-bond acceptors (Lipinski definition) is 2. The first-order valence-corrected chi connectivity index (χ1v) is 10.4. The van der Waals surface area contributed by atoms with Crippen molar-refractivity contribution in [2.75, 3.05) is 5.32 Å². The first kappa shape index (κ1) is 16.9. The van der Waals surface area contributed by atoms with Crippen molar-refractivity contribution in [3.8, 4) is 0 Å². The highest BCUT2D eigenvalue weighted by Crippen LogP contribution is 2.33. The molecule has 0 spiro atoms. The lowest BCUT2D eigenvalue weighted by Gasteiger charge is -2.10. The van der Waals surface area contributed by atoms with E-state index >= 15 is 0 Å². The number of anilines is 1. The number of hydrogen-bond donors (Lipinski definition) is 1. The molecule has 2 nitrogen and oxygen atoms in total. The number of thiophene rings is 1. The highest BCUT2D eigenvalue weighted by Gasteiger charge is 2.16. The molecule has 0 atom stereocenters. The van der Waals surface area contributed by atoms with Crippen molar-refractivity contribution in [3.05, 3.63) is 42.0 Å². The number of amides is 1. The first-order valence-electron chi connectivity index (χ1n) is 4.79. The third-order valence-corrected chi connectivity index (χ3v) is 6.81. The van der Waals surface area contributed by atoms with E-state index in [1.165, 1.54) is 11.3 Å². The molecule has 1 N–H and O–H groups in total. The molecule has 1 heterocycles. The fourth-order valence-electron chi connectivity index (χ4n) is 1.34. The Morgan fingerprint density at radius 1 is 1.11 bits per heavy atom. The first-order chi connectivity index (χ1) is 8.88. The molecule has 0 aliphatic heterocycles. The predicted octanol–water partition coefficient (Wildman–Crippen LogP) is 6.34. The highest BCUT2D eigenvalue weighted by atomic mass is 127. The Morgan fingerprint density at radius 3 is 2.16 bits per heavy atom. The summed E-state index contributed by atoms with van der Waals surface area (Å²) in [5, 5.41) is 2.97. The smallest absolute Gasteiger partial charge is 0.257 e. The second-order valence-corrected chi connectivity index (χ2v) is 10.8. The van der Waals surface area contributed by atoms with Crippen LogP contribution in [0.25, 0.3) is 0 Å². The Kier molecular flexibility index (Phi) is 6.41. The zero-order valence-corrected chi connectivity index (χ0v) is 19.4. The molecule has 1 aromatic heterocycles. The Hall–Kier alpha value is 1.54. The van der Waals surface area contributed by atoms with E-state index in [-0.39, 0.29) is 5.91 Å². The summed E-state index contributed by atoms with van der Waals surface area (Å²) >= 11 is 15.0. The van der Waals surface area contributed by atoms with Crippen molar-refractivity contribution < 1.29 is 4.79 Å². The van der Waals surface area contributed by atoms with Gasteiger partial charge in [0.1, 0.15) is 0 Å². The summed E-state index contributed by atoms with van der Waals surface area (Å²) < 4.78 is 4.98. The lowest BCUT2D eigenvalue weighted by Crippen LogP contribution is -2.13. The van der Waals surface area contributed by atoms with Crippen LogP contribution in [0.2, 0.25) is 0 Å². The van der Waals surface area contributed by atoms with Crippen molar-refractivity contribution in [2.45, 2.75) is 0 Å². The molecular formula is C11H4Br2I3NOS. The van der Waals surface area contributed by atoms with E-state index < -0.39 is 0 Å². The molecule has 1 amide bonds. The van der Waals surface area contributed by atoms with E-state index in [0.29, 0.717) is 5.56 Å². The van der Waals surface area contributed by atoms with Gasteiger partial charge in [0.25, 0.3) is 5.91 Å². The standard InChI is InChI=1S/C11H4Br2I3NOS/c12-8-3-5(10(13)19-8)11(18)17-9-6(15)1-4(14)2-7(9)16/h1-3H,(H,17,18). The molecule has 2 aromatic rings. The summed E-state index contributed by atoms with van der Waals surface area (Å²) in [6.07, 6.45) is 0. The Balaban J connectivity index is 2.32. The molecule has 8 heteroatoms. The van der Waals surface area contributed by atoms with Gasteiger partial charge in [-0.05, 0) is 118 Å². The molecule has 0 radical (unpaired) electrons. The van der Waals surface area contributed by atoms with Crippen LogP contribution in [0.3, 0.4) is 0 Å². The van der Waals surface area contributed by atoms with E-state index in [1.54, 1.807) is 0 Å². The largest absolute Gasteiger partial charge is 0.320 e. The second-order valence-electron chi connectivity index (χ2n) is 3.44. The molecule has 100 valence electrons. The molecule has 0 aliphatic carbocycles. The quantitative estimate of drug-likeness (QED) is 0.359. The molecule has 0 unspecified atom stereocenters. The molecule has 0 saturated carbocycles. The van der Waals surface area contributed by atoms with Crippen LogP contribution < -0.4 is 5.32 Å². The number of carbonyl (C=O) groups excluding carboxylic acids is 1. The van der Waals surface area contributed by atoms with E-state index in [1.807, 2.05) is 18.2 Å². The molecule has 19 heavy (non-hydrogen) atoms. The van der Waals surface area contributed by atoms with E-state index in [2.05, 4.69) is 105 Å². The van der Waals surface area contributed by atoms with Crippen LogP contribution in [0.15, 0.2) is 25.8 Å². The van der Waals surface area contributed by atoms with E-state index in [4.69, 9.17) is 0 Å². The molecule has 0 fully saturated rings. The maximum Gasteiger partial charge on any atom is 0.257 e. The lowest BCUT2D eigenvalue weighted by atomic mass is 10.3. The fraction of sp³-hybridized carbons (Fsp3) is 0. The van der Waals surface area contributed by atoms with Gasteiger partial charge in [-0.1, -0.05) is 0 Å². The lowest BCUT2D eigenvalue weighted by molar-refractivity contribution is 0.102. The molecule has 1 aromatic carbocycles. The normalized spacial score (nSPS) is 10.6. The third kappa shape index (κ3) is 4.27. The van der Waals surface area contributed by atoms with Crippen LogP contribution in [0.1, 0.15) is 10.4 Å². The van der Waals surface area contributed by atoms with Gasteiger partial charge in [-0.2, -0.15) is 0 Å². The molecule has 0 saturated heterocycles. The number of benzene rings is 1. The monoisotopic (exact) mass is 737 g/mol. The molecular weight excluding hydrogens is 735 g/mol. The minimum absolute atomic E-state index is 0.106. The van der Waals surface area contributed by atoms with E-state index in [9.17, 15) is 4.79 Å². The summed E-state index contributed by atoms with van der Waals surface area (Å²) in [5.74, 6) is -0.106. The average molecular weight is 739 g/mol. The Labute approximate surface area is 172 Å². The zero-order chi connectivity index (χ0) is 14.2. The number of carbonyl (C=O) groups is 1. The van der Waals surface area contributed by atoms with Crippen molar-refractivity contribution >= 4 is 123 Å². The zero-order valence-electron chi connectivity index (χ0n) is 8.94. The topological polar surface area (TPSA) is 29.1 Å². The fourth-order valence-corrected chi connectivity index (χ4v) is 7.98. The molecule has 2 rings (SSSR count). The summed E-state index contributed by atoms with van der Waals surface area (Å²) in [7, 11) is 0. The summed E-state index contributed by atoms with van der Waals surface area (Å²) in [5.41, 5.74) is 1.50. The highest BCUT2D eigenvalue weighted by molar-refractivity contribution is 14.1. The van der Waals surface area contributed by atoms with Gasteiger partial charge < -0.3 is 5.32 Å². The van der Waals surface area contributed by atoms with Gasteiger partial charge in [-0.25, -0.2) is 0 Å². The molecule has 0 bridgehead atoms. The van der Waals surface area contributed by atoms with Gasteiger partial charge in [0.2, 0.25) is 0 Å². The Bertz CT molecular complexity index is 636. The van der Waals surface area contributed by atoms with Crippen LogP contribution >= 0.6 is 111 Å². The van der Waals surface area contributed by atoms with Gasteiger partial charge >= 0.3 is 0 Å². The van der Waals surface area contributed by atoms with Gasteiger partial charge in [-0.3, -0.25) is 4.79 Å². The molecule has 0 aliphatic rings. The van der Waals surface area contributed by atoms with Crippen molar-refractivity contribution in [1.29, 1.82) is 0 Å². The average Bonchev–Trinajstić information content (AvgIpc) is 2.62. The third-order valence-electron chi connectivity index (χ3n) is 2.15. The maximum atomic E-state index is 12.3. The minimum Gasteiger partial charge on any atom is -0.320 e. The van der Waals surface area contributed by atoms with Gasteiger partial charge in [-0.15, -0.1) is 11.3 Å². The summed E-state index contributed by atoms with van der Waals surface area (Å²) in [6, 6.07) is 5.89. The minimum atomic E-state index is -0.106. The van der Waals surface area contributed by atoms with Crippen molar-refractivity contribution in [1.82, 2.24) is 0 Å². The van der Waals surface area contributed by atoms with Gasteiger partial charge in [0, 0.05) is 10.7 Å². The van der Waals surface area contributed by atoms with Crippen molar-refractivity contribution in [3.63, 3.8) is 0 Å². The van der Waals surface area contributed by atoms with Crippen LogP contribution in [-0.2, 0) is 0 Å². The summed E-state index contributed by atoms with van der Waals surface area (Å²) in [6.45, 7) is 0. The second kappa shape index (κ2) is 7.20. The van der Waals surface area contributed by atoms with Gasteiger partial charge in [0.05, 0.1) is 18.8 Å². The van der Waals surface area contributed by atoms with Crippen LogP contribution in [0.5, 0.6) is 0 Å². The predicted molar refractivity (Wildman–Crippen MR) is 112 cm³/mol. The SMILES string of the molecule is O=C(Nc1c(I)cc(I)cc1I)c1cc(Br)sc1Br. The van der Waals surface area contributed by atoms with Gasteiger partial charge in [0.15, 0.2) is 0 Å². The summed E-state index contributed by atoms with van der Waals surface area (Å²) in [4.78, 5) is 12.3. The van der Waals surface area contributed by atoms with Crippen molar-refractivity contribution in [2.24, 2.45) is 0 Å².